The highest BCUT2D eigenvalue weighted by molar-refractivity contribution is 9.10. The Labute approximate surface area is 165 Å². The molecule has 0 saturated carbocycles. The van der Waals surface area contributed by atoms with Gasteiger partial charge in [0.05, 0.1) is 15.5 Å². The molecule has 27 heavy (non-hydrogen) atoms. The Morgan fingerprint density at radius 2 is 1.44 bits per heavy atom. The fourth-order valence-electron chi connectivity index (χ4n) is 3.72. The van der Waals surface area contributed by atoms with Gasteiger partial charge >= 0.3 is 7.69 Å². The van der Waals surface area contributed by atoms with Crippen LogP contribution in [0.25, 0.3) is 38.3 Å². The second kappa shape index (κ2) is 6.45. The normalized spacial score (nSPS) is 11.3. The fraction of sp³-hybridized carbons (Fsp3) is 0. The van der Waals surface area contributed by atoms with Gasteiger partial charge in [-0.25, -0.2) is 0 Å². The molecule has 0 saturated heterocycles. The lowest BCUT2D eigenvalue weighted by molar-refractivity contribution is 0.452. The molecule has 0 bridgehead atoms. The molecule has 0 aliphatic rings. The van der Waals surface area contributed by atoms with Crippen molar-refractivity contribution < 1.29 is 9.68 Å². The number of fused-ring (bicyclic) bond motifs is 4. The van der Waals surface area contributed by atoms with E-state index in [0.717, 1.165) is 20.9 Å². The van der Waals surface area contributed by atoms with E-state index >= 15 is 0 Å². The number of nitrogens with zero attached hydrogens (tertiary/aromatic N) is 1. The number of para-hydroxylation sites is 2. The SMILES string of the molecule is O[B]Oc1cc2cc(-n3c4ccccc4c4ccccc43)ccc2cc1Br. The van der Waals surface area contributed by atoms with Crippen molar-refractivity contribution in [2.45, 2.75) is 0 Å². The molecule has 5 heteroatoms. The van der Waals surface area contributed by atoms with Gasteiger partial charge in [0.25, 0.3) is 0 Å². The maximum absolute atomic E-state index is 8.99. The lowest BCUT2D eigenvalue weighted by Gasteiger charge is -2.11. The lowest BCUT2D eigenvalue weighted by Crippen LogP contribution is -2.00. The summed E-state index contributed by atoms with van der Waals surface area (Å²) >= 11 is 3.48. The average Bonchev–Trinajstić information content (AvgIpc) is 3.03. The molecular weight excluding hydrogens is 401 g/mol. The Kier molecular flexibility index (Phi) is 3.92. The second-order valence-corrected chi connectivity index (χ2v) is 7.26. The fourth-order valence-corrected chi connectivity index (χ4v) is 4.18. The molecule has 1 radical (unpaired) electrons. The molecule has 1 heterocycles. The van der Waals surface area contributed by atoms with Crippen LogP contribution in [0.4, 0.5) is 0 Å². The molecule has 1 aromatic heterocycles. The van der Waals surface area contributed by atoms with Crippen LogP contribution < -0.4 is 4.65 Å². The van der Waals surface area contributed by atoms with E-state index in [1.165, 1.54) is 21.8 Å². The third-order valence-electron chi connectivity index (χ3n) is 4.89. The van der Waals surface area contributed by atoms with Gasteiger partial charge < -0.3 is 14.2 Å². The molecule has 0 amide bonds. The van der Waals surface area contributed by atoms with Crippen molar-refractivity contribution in [2.24, 2.45) is 0 Å². The minimum absolute atomic E-state index is 0.573. The van der Waals surface area contributed by atoms with Gasteiger partial charge in [-0.15, -0.1) is 0 Å². The molecule has 0 fully saturated rings. The van der Waals surface area contributed by atoms with E-state index in [1.54, 1.807) is 0 Å². The first-order chi connectivity index (χ1) is 13.3. The number of rotatable bonds is 3. The summed E-state index contributed by atoms with van der Waals surface area (Å²) in [6.07, 6.45) is 0. The largest absolute Gasteiger partial charge is 0.569 e. The molecule has 0 spiro atoms. The second-order valence-electron chi connectivity index (χ2n) is 6.41. The molecule has 129 valence electrons. The Hall–Kier alpha value is -2.76. The summed E-state index contributed by atoms with van der Waals surface area (Å²) in [5.41, 5.74) is 3.44. The van der Waals surface area contributed by atoms with Crippen molar-refractivity contribution in [1.29, 1.82) is 0 Å². The average molecular weight is 415 g/mol. The van der Waals surface area contributed by atoms with Crippen LogP contribution in [-0.4, -0.2) is 17.3 Å². The summed E-state index contributed by atoms with van der Waals surface area (Å²) < 4.78 is 8.27. The Morgan fingerprint density at radius 1 is 0.778 bits per heavy atom. The van der Waals surface area contributed by atoms with Crippen LogP contribution in [-0.2, 0) is 0 Å². The molecule has 4 aromatic carbocycles. The third-order valence-corrected chi connectivity index (χ3v) is 5.51. The van der Waals surface area contributed by atoms with Crippen molar-refractivity contribution in [3.8, 4) is 11.4 Å². The zero-order valence-electron chi connectivity index (χ0n) is 14.3. The summed E-state index contributed by atoms with van der Waals surface area (Å²) in [6.45, 7) is 0. The number of halogens is 1. The van der Waals surface area contributed by atoms with Crippen LogP contribution in [0.5, 0.6) is 5.75 Å². The van der Waals surface area contributed by atoms with Crippen molar-refractivity contribution in [1.82, 2.24) is 4.57 Å². The number of hydrogen-bond acceptors (Lipinski definition) is 2. The zero-order valence-corrected chi connectivity index (χ0v) is 15.8. The van der Waals surface area contributed by atoms with Gasteiger partial charge in [0, 0.05) is 16.5 Å². The molecule has 5 aromatic rings. The van der Waals surface area contributed by atoms with Gasteiger partial charge in [0.2, 0.25) is 0 Å². The predicted molar refractivity (Wildman–Crippen MR) is 115 cm³/mol. The monoisotopic (exact) mass is 414 g/mol. The summed E-state index contributed by atoms with van der Waals surface area (Å²) in [5.74, 6) is 0.573. The minimum atomic E-state index is 0.573. The van der Waals surface area contributed by atoms with Crippen LogP contribution >= 0.6 is 15.9 Å². The van der Waals surface area contributed by atoms with Crippen molar-refractivity contribution in [2.75, 3.05) is 0 Å². The topological polar surface area (TPSA) is 34.4 Å². The van der Waals surface area contributed by atoms with Crippen LogP contribution in [0.1, 0.15) is 0 Å². The molecule has 0 unspecified atom stereocenters. The number of aromatic nitrogens is 1. The van der Waals surface area contributed by atoms with Crippen LogP contribution in [0.2, 0.25) is 0 Å². The standard InChI is InChI=1S/C22H14BBrNO2/c24-19-12-14-9-10-16(11-15(14)13-22(19)27-23-26)25-20-7-3-1-5-17(20)18-6-2-4-8-21(18)25/h1-13,26H. The highest BCUT2D eigenvalue weighted by atomic mass is 79.9. The Morgan fingerprint density at radius 3 is 2.11 bits per heavy atom. The third kappa shape index (κ3) is 2.62. The van der Waals surface area contributed by atoms with E-state index < -0.39 is 0 Å². The molecular formula is C22H14BBrNO2. The number of benzene rings is 4. The van der Waals surface area contributed by atoms with E-state index in [2.05, 4.69) is 87.2 Å². The quantitative estimate of drug-likeness (QED) is 0.389. The Bertz CT molecular complexity index is 1260. The zero-order chi connectivity index (χ0) is 18.4. The molecule has 0 aliphatic heterocycles. The lowest BCUT2D eigenvalue weighted by atomic mass is 10.1. The van der Waals surface area contributed by atoms with Gasteiger partial charge in [-0.1, -0.05) is 42.5 Å². The van der Waals surface area contributed by atoms with Gasteiger partial charge in [-0.2, -0.15) is 0 Å². The molecule has 0 aliphatic carbocycles. The van der Waals surface area contributed by atoms with E-state index in [4.69, 9.17) is 9.68 Å². The summed E-state index contributed by atoms with van der Waals surface area (Å²) in [7, 11) is 0.697. The first-order valence-electron chi connectivity index (χ1n) is 8.61. The first kappa shape index (κ1) is 16.4. The van der Waals surface area contributed by atoms with E-state index in [-0.39, 0.29) is 0 Å². The highest BCUT2D eigenvalue weighted by Gasteiger charge is 2.12. The smallest absolute Gasteiger partial charge is 0.537 e. The molecule has 5 rings (SSSR count). The highest BCUT2D eigenvalue weighted by Crippen LogP contribution is 2.35. The summed E-state index contributed by atoms with van der Waals surface area (Å²) in [6, 6.07) is 27.2. The van der Waals surface area contributed by atoms with Gasteiger partial charge in [-0.05, 0) is 63.1 Å². The van der Waals surface area contributed by atoms with E-state index in [9.17, 15) is 0 Å². The molecule has 3 nitrogen and oxygen atoms in total. The molecule has 1 N–H and O–H groups in total. The van der Waals surface area contributed by atoms with E-state index in [0.29, 0.717) is 13.4 Å². The van der Waals surface area contributed by atoms with Crippen molar-refractivity contribution >= 4 is 56.2 Å². The predicted octanol–water partition coefficient (Wildman–Crippen LogP) is 5.60. The van der Waals surface area contributed by atoms with Crippen LogP contribution in [0, 0.1) is 0 Å². The van der Waals surface area contributed by atoms with Crippen LogP contribution in [0.15, 0.2) is 83.3 Å². The maximum Gasteiger partial charge on any atom is 0.569 e. The summed E-state index contributed by atoms with van der Waals surface area (Å²) in [5, 5.41) is 13.6. The first-order valence-corrected chi connectivity index (χ1v) is 9.40. The van der Waals surface area contributed by atoms with Crippen LogP contribution in [0.3, 0.4) is 0 Å². The minimum Gasteiger partial charge on any atom is -0.537 e. The Balaban J connectivity index is 1.81. The van der Waals surface area contributed by atoms with Crippen molar-refractivity contribution in [3.05, 3.63) is 83.3 Å². The summed E-state index contributed by atoms with van der Waals surface area (Å²) in [4.78, 5) is 0. The maximum atomic E-state index is 8.99. The van der Waals surface area contributed by atoms with Gasteiger partial charge in [0.1, 0.15) is 5.75 Å². The number of hydrogen-bond donors (Lipinski definition) is 1. The van der Waals surface area contributed by atoms with E-state index in [1.807, 2.05) is 12.1 Å². The van der Waals surface area contributed by atoms with Gasteiger partial charge in [0.15, 0.2) is 0 Å². The van der Waals surface area contributed by atoms with Crippen molar-refractivity contribution in [3.63, 3.8) is 0 Å². The molecule has 0 atom stereocenters. The van der Waals surface area contributed by atoms with Gasteiger partial charge in [-0.3, -0.25) is 0 Å².